The third-order valence-electron chi connectivity index (χ3n) is 2.13. The summed E-state index contributed by atoms with van der Waals surface area (Å²) in [4.78, 5) is 0. The smallest absolute Gasteiger partial charge is 0.0193 e. The quantitative estimate of drug-likeness (QED) is 0.601. The summed E-state index contributed by atoms with van der Waals surface area (Å²) in [5.41, 5.74) is 2.52. The minimum atomic E-state index is 0.664. The Balaban J connectivity index is 2.86. The number of hydrogen-bond acceptors (Lipinski definition) is 0. The molecule has 0 spiro atoms. The van der Waals surface area contributed by atoms with Crippen LogP contribution in [0.15, 0.2) is 24.3 Å². The highest BCUT2D eigenvalue weighted by Crippen LogP contribution is 2.18. The van der Waals surface area contributed by atoms with Crippen molar-refractivity contribution in [3.63, 3.8) is 0 Å². The Labute approximate surface area is 69.3 Å². The van der Waals surface area contributed by atoms with Crippen molar-refractivity contribution in [3.05, 3.63) is 42.3 Å². The largest absolute Gasteiger partial charge is 0.0648 e. The fourth-order valence-electron chi connectivity index (χ4n) is 1.14. The van der Waals surface area contributed by atoms with Crippen molar-refractivity contribution < 1.29 is 0 Å². The number of benzene rings is 1. The van der Waals surface area contributed by atoms with E-state index in [-0.39, 0.29) is 0 Å². The second kappa shape index (κ2) is 3.56. The van der Waals surface area contributed by atoms with Gasteiger partial charge in [0.25, 0.3) is 0 Å². The van der Waals surface area contributed by atoms with Crippen molar-refractivity contribution in [1.82, 2.24) is 0 Å². The van der Waals surface area contributed by atoms with E-state index in [1.165, 1.54) is 12.0 Å². The molecule has 0 N–H and O–H groups in total. The highest BCUT2D eigenvalue weighted by molar-refractivity contribution is 5.27. The van der Waals surface area contributed by atoms with Gasteiger partial charge in [0.05, 0.1) is 0 Å². The summed E-state index contributed by atoms with van der Waals surface area (Å²) >= 11 is 0. The zero-order valence-electron chi connectivity index (χ0n) is 7.30. The molecule has 0 fully saturated rings. The SMILES string of the molecule is [CH2]c1cccc(C(C)CC)c1. The Morgan fingerprint density at radius 1 is 1.45 bits per heavy atom. The maximum Gasteiger partial charge on any atom is -0.0193 e. The van der Waals surface area contributed by atoms with Crippen molar-refractivity contribution in [3.8, 4) is 0 Å². The van der Waals surface area contributed by atoms with Gasteiger partial charge >= 0.3 is 0 Å². The van der Waals surface area contributed by atoms with Gasteiger partial charge in [0.15, 0.2) is 0 Å². The van der Waals surface area contributed by atoms with Crippen LogP contribution in [-0.2, 0) is 0 Å². The zero-order chi connectivity index (χ0) is 8.27. The first-order valence-electron chi connectivity index (χ1n) is 4.16. The molecule has 1 radical (unpaired) electrons. The van der Waals surface area contributed by atoms with Crippen LogP contribution in [0.4, 0.5) is 0 Å². The minimum absolute atomic E-state index is 0.664. The second-order valence-electron chi connectivity index (χ2n) is 3.05. The van der Waals surface area contributed by atoms with Crippen LogP contribution in [0.1, 0.15) is 37.3 Å². The Hall–Kier alpha value is -0.780. The molecule has 0 heterocycles. The van der Waals surface area contributed by atoms with Gasteiger partial charge in [0.1, 0.15) is 0 Å². The van der Waals surface area contributed by atoms with Crippen LogP contribution in [0, 0.1) is 6.92 Å². The molecule has 1 atom stereocenters. The molecule has 0 bridgehead atoms. The molecule has 0 aliphatic carbocycles. The first-order valence-corrected chi connectivity index (χ1v) is 4.16. The van der Waals surface area contributed by atoms with E-state index in [0.717, 1.165) is 5.56 Å². The second-order valence-corrected chi connectivity index (χ2v) is 3.05. The fourth-order valence-corrected chi connectivity index (χ4v) is 1.14. The third-order valence-corrected chi connectivity index (χ3v) is 2.13. The van der Waals surface area contributed by atoms with Crippen LogP contribution < -0.4 is 0 Å². The van der Waals surface area contributed by atoms with Gasteiger partial charge in [-0.05, 0) is 30.4 Å². The van der Waals surface area contributed by atoms with Crippen LogP contribution in [0.5, 0.6) is 0 Å². The predicted molar refractivity (Wildman–Crippen MR) is 49.6 cm³/mol. The molecule has 0 aliphatic rings. The van der Waals surface area contributed by atoms with Crippen LogP contribution >= 0.6 is 0 Å². The molecule has 0 aromatic heterocycles. The van der Waals surface area contributed by atoms with Crippen molar-refractivity contribution >= 4 is 0 Å². The third kappa shape index (κ3) is 2.07. The maximum atomic E-state index is 3.90. The zero-order valence-corrected chi connectivity index (χ0v) is 7.30. The number of rotatable bonds is 2. The van der Waals surface area contributed by atoms with Crippen LogP contribution in [0.3, 0.4) is 0 Å². The van der Waals surface area contributed by atoms with Gasteiger partial charge in [-0.25, -0.2) is 0 Å². The summed E-state index contributed by atoms with van der Waals surface area (Å²) in [6.07, 6.45) is 1.20. The lowest BCUT2D eigenvalue weighted by molar-refractivity contribution is 0.733. The molecule has 59 valence electrons. The van der Waals surface area contributed by atoms with E-state index in [4.69, 9.17) is 0 Å². The highest BCUT2D eigenvalue weighted by Gasteiger charge is 2.00. The van der Waals surface area contributed by atoms with E-state index in [9.17, 15) is 0 Å². The average Bonchev–Trinajstić information content (AvgIpc) is 2.03. The van der Waals surface area contributed by atoms with Crippen molar-refractivity contribution in [1.29, 1.82) is 0 Å². The lowest BCUT2D eigenvalue weighted by Gasteiger charge is -2.08. The lowest BCUT2D eigenvalue weighted by atomic mass is 9.97. The van der Waals surface area contributed by atoms with Gasteiger partial charge in [-0.2, -0.15) is 0 Å². The maximum absolute atomic E-state index is 3.90. The Bertz CT molecular complexity index is 225. The Morgan fingerprint density at radius 2 is 2.18 bits per heavy atom. The van der Waals surface area contributed by atoms with Crippen molar-refractivity contribution in [2.75, 3.05) is 0 Å². The summed E-state index contributed by atoms with van der Waals surface area (Å²) in [7, 11) is 0. The molecule has 0 amide bonds. The average molecular weight is 147 g/mol. The Kier molecular flexibility index (Phi) is 2.70. The van der Waals surface area contributed by atoms with Gasteiger partial charge in [0.2, 0.25) is 0 Å². The molecule has 0 saturated carbocycles. The van der Waals surface area contributed by atoms with Gasteiger partial charge in [-0.1, -0.05) is 38.1 Å². The molecule has 11 heavy (non-hydrogen) atoms. The summed E-state index contributed by atoms with van der Waals surface area (Å²) in [5.74, 6) is 0.664. The molecule has 0 nitrogen and oxygen atoms in total. The summed E-state index contributed by atoms with van der Waals surface area (Å²) in [5, 5.41) is 0. The first-order chi connectivity index (χ1) is 5.24. The van der Waals surface area contributed by atoms with E-state index < -0.39 is 0 Å². The van der Waals surface area contributed by atoms with Gasteiger partial charge in [-0.15, -0.1) is 0 Å². The molecule has 1 aromatic carbocycles. The minimum Gasteiger partial charge on any atom is -0.0648 e. The summed E-state index contributed by atoms with van der Waals surface area (Å²) in [6, 6.07) is 8.44. The molecule has 0 heteroatoms. The standard InChI is InChI=1S/C11H15/c1-4-10(3)11-7-5-6-9(2)8-11/h5-8,10H,2,4H2,1,3H3. The van der Waals surface area contributed by atoms with E-state index in [0.29, 0.717) is 5.92 Å². The summed E-state index contributed by atoms with van der Waals surface area (Å²) < 4.78 is 0. The van der Waals surface area contributed by atoms with E-state index in [2.05, 4.69) is 39.0 Å². The van der Waals surface area contributed by atoms with E-state index >= 15 is 0 Å². The molecule has 0 aliphatic heterocycles. The van der Waals surface area contributed by atoms with E-state index in [1.54, 1.807) is 0 Å². The normalized spacial score (nSPS) is 13.0. The van der Waals surface area contributed by atoms with Crippen LogP contribution in [0.25, 0.3) is 0 Å². The predicted octanol–water partition coefficient (Wildman–Crippen LogP) is 3.38. The fraction of sp³-hybridized carbons (Fsp3) is 0.364. The van der Waals surface area contributed by atoms with E-state index in [1.807, 2.05) is 6.07 Å². The monoisotopic (exact) mass is 147 g/mol. The summed E-state index contributed by atoms with van der Waals surface area (Å²) in [6.45, 7) is 8.35. The lowest BCUT2D eigenvalue weighted by Crippen LogP contribution is -1.90. The molecule has 0 saturated heterocycles. The molecular weight excluding hydrogens is 132 g/mol. The molecular formula is C11H15. The van der Waals surface area contributed by atoms with Crippen molar-refractivity contribution in [2.24, 2.45) is 0 Å². The topological polar surface area (TPSA) is 0 Å². The first kappa shape index (κ1) is 8.32. The number of hydrogen-bond donors (Lipinski definition) is 0. The van der Waals surface area contributed by atoms with Crippen LogP contribution in [0.2, 0.25) is 0 Å². The van der Waals surface area contributed by atoms with Crippen LogP contribution in [-0.4, -0.2) is 0 Å². The highest BCUT2D eigenvalue weighted by atomic mass is 14.1. The van der Waals surface area contributed by atoms with Gasteiger partial charge in [0, 0.05) is 0 Å². The molecule has 1 aromatic rings. The Morgan fingerprint density at radius 3 is 2.73 bits per heavy atom. The van der Waals surface area contributed by atoms with Crippen molar-refractivity contribution in [2.45, 2.75) is 26.2 Å². The molecule has 1 unspecified atom stereocenters. The van der Waals surface area contributed by atoms with Gasteiger partial charge in [-0.3, -0.25) is 0 Å². The molecule has 1 rings (SSSR count). The van der Waals surface area contributed by atoms with Gasteiger partial charge < -0.3 is 0 Å².